The summed E-state index contributed by atoms with van der Waals surface area (Å²) in [6.07, 6.45) is 14.7. The minimum Gasteiger partial charge on any atom is -0.458 e. The lowest BCUT2D eigenvalue weighted by atomic mass is 9.48. The molecule has 3 heteroatoms. The minimum atomic E-state index is -0.272. The summed E-state index contributed by atoms with van der Waals surface area (Å²) in [6.45, 7) is 4.83. The number of hydrogen-bond donors (Lipinski definition) is 1. The lowest BCUT2D eigenvalue weighted by Crippen LogP contribution is -2.53. The van der Waals surface area contributed by atoms with Gasteiger partial charge in [-0.1, -0.05) is 32.1 Å². The zero-order chi connectivity index (χ0) is 17.4. The van der Waals surface area contributed by atoms with Crippen molar-refractivity contribution in [2.75, 3.05) is 0 Å². The number of aliphatic hydroxyl groups is 1. The molecule has 5 rings (SSSR count). The molecule has 1 N–H and O–H groups in total. The van der Waals surface area contributed by atoms with Gasteiger partial charge in [0.1, 0.15) is 5.60 Å². The quantitative estimate of drug-likeness (QED) is 0.672. The third kappa shape index (κ3) is 1.94. The Bertz CT molecular complexity index is 679. The second-order valence-corrected chi connectivity index (χ2v) is 9.76. The van der Waals surface area contributed by atoms with Crippen molar-refractivity contribution >= 4 is 5.97 Å². The highest BCUT2D eigenvalue weighted by atomic mass is 16.6. The molecular weight excluding hydrogens is 312 g/mol. The molecule has 0 radical (unpaired) electrons. The molecule has 1 spiro atoms. The Labute approximate surface area is 150 Å². The Kier molecular flexibility index (Phi) is 3.22. The zero-order valence-electron chi connectivity index (χ0n) is 15.5. The van der Waals surface area contributed by atoms with E-state index in [1.54, 1.807) is 0 Å². The molecule has 3 fully saturated rings. The van der Waals surface area contributed by atoms with Crippen LogP contribution < -0.4 is 0 Å². The molecule has 2 saturated carbocycles. The smallest absolute Gasteiger partial charge is 0.306 e. The predicted octanol–water partition coefficient (Wildman–Crippen LogP) is 4.16. The van der Waals surface area contributed by atoms with Crippen LogP contribution in [0.25, 0.3) is 0 Å². The Morgan fingerprint density at radius 2 is 1.88 bits per heavy atom. The fraction of sp³-hybridized carbons (Fsp3) is 0.773. The first-order chi connectivity index (χ1) is 11.9. The van der Waals surface area contributed by atoms with Crippen LogP contribution in [-0.2, 0) is 9.53 Å². The number of fused-ring (bicyclic) bond motifs is 6. The highest BCUT2D eigenvalue weighted by molar-refractivity contribution is 5.72. The maximum atomic E-state index is 11.9. The van der Waals surface area contributed by atoms with Crippen molar-refractivity contribution in [1.29, 1.82) is 0 Å². The fourth-order valence-electron chi connectivity index (χ4n) is 7.44. The molecule has 0 bridgehead atoms. The van der Waals surface area contributed by atoms with Gasteiger partial charge in [0.05, 0.1) is 6.10 Å². The largest absolute Gasteiger partial charge is 0.458 e. The van der Waals surface area contributed by atoms with Crippen molar-refractivity contribution in [3.05, 3.63) is 23.8 Å². The van der Waals surface area contributed by atoms with Gasteiger partial charge in [0.2, 0.25) is 0 Å². The van der Waals surface area contributed by atoms with Crippen LogP contribution in [0.15, 0.2) is 23.8 Å². The van der Waals surface area contributed by atoms with Crippen LogP contribution in [0.3, 0.4) is 0 Å². The molecule has 7 atom stereocenters. The number of hydrogen-bond acceptors (Lipinski definition) is 3. The number of ether oxygens (including phenoxy) is 1. The topological polar surface area (TPSA) is 46.5 Å². The van der Waals surface area contributed by atoms with Gasteiger partial charge in [-0.25, -0.2) is 0 Å². The lowest BCUT2D eigenvalue weighted by Gasteiger charge is -2.57. The van der Waals surface area contributed by atoms with Crippen molar-refractivity contribution in [3.8, 4) is 0 Å². The zero-order valence-corrected chi connectivity index (χ0v) is 15.5. The van der Waals surface area contributed by atoms with E-state index in [1.807, 2.05) is 0 Å². The van der Waals surface area contributed by atoms with Gasteiger partial charge >= 0.3 is 5.97 Å². The summed E-state index contributed by atoms with van der Waals surface area (Å²) in [4.78, 5) is 11.9. The van der Waals surface area contributed by atoms with Crippen molar-refractivity contribution in [2.45, 2.75) is 76.9 Å². The van der Waals surface area contributed by atoms with Crippen molar-refractivity contribution in [1.82, 2.24) is 0 Å². The molecule has 25 heavy (non-hydrogen) atoms. The van der Waals surface area contributed by atoms with E-state index in [0.29, 0.717) is 24.2 Å². The molecule has 1 aliphatic heterocycles. The van der Waals surface area contributed by atoms with Gasteiger partial charge in [-0.3, -0.25) is 4.79 Å². The summed E-state index contributed by atoms with van der Waals surface area (Å²) in [5.74, 6) is 1.90. The molecule has 4 aliphatic carbocycles. The van der Waals surface area contributed by atoms with Crippen LogP contribution in [0.4, 0.5) is 0 Å². The average molecular weight is 342 g/mol. The van der Waals surface area contributed by atoms with Gasteiger partial charge < -0.3 is 9.84 Å². The summed E-state index contributed by atoms with van der Waals surface area (Å²) in [5.41, 5.74) is 1.52. The van der Waals surface area contributed by atoms with Gasteiger partial charge in [0, 0.05) is 11.8 Å². The Balaban J connectivity index is 1.52. The second-order valence-electron chi connectivity index (χ2n) is 9.76. The van der Waals surface area contributed by atoms with Crippen LogP contribution in [0.5, 0.6) is 0 Å². The highest BCUT2D eigenvalue weighted by Crippen LogP contribution is 2.68. The number of rotatable bonds is 0. The summed E-state index contributed by atoms with van der Waals surface area (Å²) >= 11 is 0. The second kappa shape index (κ2) is 5.00. The van der Waals surface area contributed by atoms with E-state index in [0.717, 1.165) is 25.7 Å². The number of carbonyl (C=O) groups excluding carboxylic acids is 1. The van der Waals surface area contributed by atoms with Crippen LogP contribution >= 0.6 is 0 Å². The first-order valence-corrected chi connectivity index (χ1v) is 10.2. The summed E-state index contributed by atoms with van der Waals surface area (Å²) in [5, 5.41) is 10.1. The van der Waals surface area contributed by atoms with Crippen molar-refractivity contribution < 1.29 is 14.6 Å². The molecule has 5 aliphatic rings. The molecule has 0 aromatic carbocycles. The van der Waals surface area contributed by atoms with Gasteiger partial charge in [-0.2, -0.15) is 0 Å². The number of esters is 1. The van der Waals surface area contributed by atoms with E-state index in [9.17, 15) is 9.90 Å². The van der Waals surface area contributed by atoms with Gasteiger partial charge in [-0.15, -0.1) is 0 Å². The third-order valence-electron chi connectivity index (χ3n) is 8.97. The highest BCUT2D eigenvalue weighted by Gasteiger charge is 2.66. The van der Waals surface area contributed by atoms with E-state index >= 15 is 0 Å². The van der Waals surface area contributed by atoms with E-state index in [2.05, 4.69) is 32.1 Å². The van der Waals surface area contributed by atoms with Crippen LogP contribution in [-0.4, -0.2) is 22.8 Å². The molecule has 0 amide bonds. The van der Waals surface area contributed by atoms with Gasteiger partial charge in [0.25, 0.3) is 0 Å². The maximum Gasteiger partial charge on any atom is 0.306 e. The third-order valence-corrected chi connectivity index (χ3v) is 8.97. The fourth-order valence-corrected chi connectivity index (χ4v) is 7.44. The predicted molar refractivity (Wildman–Crippen MR) is 95.7 cm³/mol. The molecule has 136 valence electrons. The van der Waals surface area contributed by atoms with E-state index in [1.165, 1.54) is 24.8 Å². The SMILES string of the molecule is C[C@]12CC[C@H](O)C=C1C=C[C@H]1[C@H]2CC[C@@]2(C)[C@H]1CC[C@@]21CCC(=O)O1. The summed E-state index contributed by atoms with van der Waals surface area (Å²) < 4.78 is 6.00. The monoisotopic (exact) mass is 342 g/mol. The van der Waals surface area contributed by atoms with Crippen molar-refractivity contribution in [2.24, 2.45) is 28.6 Å². The summed E-state index contributed by atoms with van der Waals surface area (Å²) in [6, 6.07) is 0. The number of aliphatic hydroxyl groups excluding tert-OH is 1. The molecular formula is C22H30O3. The standard InChI is InChI=1S/C22H30O3/c1-20-9-5-15(23)13-14(20)3-4-16-17(20)6-10-21(2)18(16)7-11-22(21)12-8-19(24)25-22/h3-4,13,15-18,23H,5-12H2,1-2H3/t15-,16-,17+,18-,20-,21-,22+/m0/s1. The normalized spacial score (nSPS) is 53.9. The first kappa shape index (κ1) is 16.1. The van der Waals surface area contributed by atoms with E-state index in [4.69, 9.17) is 4.74 Å². The van der Waals surface area contributed by atoms with Crippen LogP contribution in [0.2, 0.25) is 0 Å². The van der Waals surface area contributed by atoms with Gasteiger partial charge in [0.15, 0.2) is 0 Å². The Hall–Kier alpha value is -1.09. The molecule has 3 nitrogen and oxygen atoms in total. The van der Waals surface area contributed by atoms with Crippen LogP contribution in [0, 0.1) is 28.6 Å². The molecule has 1 heterocycles. The minimum absolute atomic E-state index is 0.0154. The lowest BCUT2D eigenvalue weighted by molar-refractivity contribution is -0.165. The van der Waals surface area contributed by atoms with Crippen molar-refractivity contribution in [3.63, 3.8) is 0 Å². The summed E-state index contributed by atoms with van der Waals surface area (Å²) in [7, 11) is 0. The Morgan fingerprint density at radius 1 is 1.08 bits per heavy atom. The first-order valence-electron chi connectivity index (χ1n) is 10.2. The molecule has 1 saturated heterocycles. The van der Waals surface area contributed by atoms with E-state index in [-0.39, 0.29) is 28.5 Å². The number of allylic oxidation sites excluding steroid dienone is 3. The van der Waals surface area contributed by atoms with Gasteiger partial charge in [-0.05, 0) is 73.7 Å². The molecule has 0 aromatic heterocycles. The molecule has 0 aromatic rings. The maximum absolute atomic E-state index is 11.9. The van der Waals surface area contributed by atoms with Crippen LogP contribution in [0.1, 0.15) is 65.2 Å². The number of carbonyl (C=O) groups is 1. The average Bonchev–Trinajstić information content (AvgIpc) is 3.10. The van der Waals surface area contributed by atoms with E-state index < -0.39 is 0 Å². The Morgan fingerprint density at radius 3 is 2.64 bits per heavy atom. The molecule has 0 unspecified atom stereocenters.